The fourth-order valence-electron chi connectivity index (χ4n) is 2.52. The minimum atomic E-state index is 0. The van der Waals surface area contributed by atoms with E-state index in [2.05, 4.69) is 10.6 Å². The molecule has 0 aromatic heterocycles. The molecular formula is C16H25ClN2O2. The van der Waals surface area contributed by atoms with Crippen molar-refractivity contribution < 1.29 is 9.53 Å². The number of halogens is 1. The second-order valence-electron chi connectivity index (χ2n) is 5.32. The number of hydrogen-bond donors (Lipinski definition) is 2. The Kier molecular flexibility index (Phi) is 7.54. The van der Waals surface area contributed by atoms with Crippen molar-refractivity contribution in [1.82, 2.24) is 10.6 Å². The maximum Gasteiger partial charge on any atom is 0.221 e. The Hall–Kier alpha value is -1.26. The van der Waals surface area contributed by atoms with Crippen molar-refractivity contribution in [3.05, 3.63) is 29.3 Å². The number of ether oxygens (including phenoxy) is 1. The Labute approximate surface area is 133 Å². The first kappa shape index (κ1) is 17.8. The summed E-state index contributed by atoms with van der Waals surface area (Å²) in [4.78, 5) is 11.9. The van der Waals surface area contributed by atoms with Gasteiger partial charge in [-0.15, -0.1) is 12.4 Å². The Morgan fingerprint density at radius 3 is 2.95 bits per heavy atom. The SMILES string of the molecule is CCOc1cc(C)ccc1CNC(=O)CC1CCCN1.Cl. The lowest BCUT2D eigenvalue weighted by molar-refractivity contribution is -0.121. The van der Waals surface area contributed by atoms with Crippen LogP contribution in [0.15, 0.2) is 18.2 Å². The van der Waals surface area contributed by atoms with E-state index in [0.717, 1.165) is 24.3 Å². The van der Waals surface area contributed by atoms with Gasteiger partial charge in [-0.1, -0.05) is 12.1 Å². The molecule has 21 heavy (non-hydrogen) atoms. The fraction of sp³-hybridized carbons (Fsp3) is 0.562. The fourth-order valence-corrected chi connectivity index (χ4v) is 2.52. The van der Waals surface area contributed by atoms with Crippen molar-refractivity contribution >= 4 is 18.3 Å². The minimum Gasteiger partial charge on any atom is -0.494 e. The zero-order valence-corrected chi connectivity index (χ0v) is 13.6. The molecule has 118 valence electrons. The summed E-state index contributed by atoms with van der Waals surface area (Å²) in [6, 6.07) is 6.43. The molecule has 1 aromatic rings. The van der Waals surface area contributed by atoms with E-state index in [0.29, 0.717) is 25.6 Å². The first-order chi connectivity index (χ1) is 9.69. The lowest BCUT2D eigenvalue weighted by Gasteiger charge is -2.13. The van der Waals surface area contributed by atoms with Crippen molar-refractivity contribution in [2.75, 3.05) is 13.2 Å². The van der Waals surface area contributed by atoms with Gasteiger partial charge in [0.15, 0.2) is 0 Å². The molecule has 0 spiro atoms. The van der Waals surface area contributed by atoms with Gasteiger partial charge in [-0.3, -0.25) is 4.79 Å². The normalized spacial score (nSPS) is 17.1. The van der Waals surface area contributed by atoms with E-state index >= 15 is 0 Å². The second kappa shape index (κ2) is 8.90. The summed E-state index contributed by atoms with van der Waals surface area (Å²) in [6.45, 7) is 6.20. The summed E-state index contributed by atoms with van der Waals surface area (Å²) in [5, 5.41) is 6.32. The van der Waals surface area contributed by atoms with E-state index in [1.165, 1.54) is 12.0 Å². The van der Waals surface area contributed by atoms with Gasteiger partial charge in [0.25, 0.3) is 0 Å². The number of rotatable bonds is 6. The quantitative estimate of drug-likeness (QED) is 0.849. The molecule has 0 bridgehead atoms. The van der Waals surface area contributed by atoms with E-state index in [9.17, 15) is 4.79 Å². The number of amides is 1. The van der Waals surface area contributed by atoms with Crippen LogP contribution in [0, 0.1) is 6.92 Å². The molecular weight excluding hydrogens is 288 g/mol. The highest BCUT2D eigenvalue weighted by atomic mass is 35.5. The predicted molar refractivity (Wildman–Crippen MR) is 87.1 cm³/mol. The molecule has 1 atom stereocenters. The number of nitrogens with one attached hydrogen (secondary N) is 2. The third kappa shape index (κ3) is 5.56. The third-order valence-electron chi connectivity index (χ3n) is 3.59. The summed E-state index contributed by atoms with van der Waals surface area (Å²) in [6.07, 6.45) is 2.84. The van der Waals surface area contributed by atoms with Gasteiger partial charge in [0.1, 0.15) is 5.75 Å². The highest BCUT2D eigenvalue weighted by molar-refractivity contribution is 5.85. The molecule has 2 rings (SSSR count). The van der Waals surface area contributed by atoms with Gasteiger partial charge in [0.2, 0.25) is 5.91 Å². The lowest BCUT2D eigenvalue weighted by atomic mass is 10.1. The van der Waals surface area contributed by atoms with Gasteiger partial charge in [0.05, 0.1) is 6.61 Å². The first-order valence-corrected chi connectivity index (χ1v) is 7.41. The van der Waals surface area contributed by atoms with E-state index in [1.54, 1.807) is 0 Å². The van der Waals surface area contributed by atoms with Crippen molar-refractivity contribution in [2.45, 2.75) is 45.7 Å². The van der Waals surface area contributed by atoms with Crippen molar-refractivity contribution in [1.29, 1.82) is 0 Å². The zero-order chi connectivity index (χ0) is 14.4. The Morgan fingerprint density at radius 1 is 1.48 bits per heavy atom. The molecule has 0 radical (unpaired) electrons. The van der Waals surface area contributed by atoms with Crippen LogP contribution in [0.25, 0.3) is 0 Å². The highest BCUT2D eigenvalue weighted by Gasteiger charge is 2.17. The van der Waals surface area contributed by atoms with Crippen LogP contribution in [-0.4, -0.2) is 25.1 Å². The highest BCUT2D eigenvalue weighted by Crippen LogP contribution is 2.20. The van der Waals surface area contributed by atoms with Gasteiger partial charge in [-0.25, -0.2) is 0 Å². The number of carbonyl (C=O) groups excluding carboxylic acids is 1. The number of hydrogen-bond acceptors (Lipinski definition) is 3. The Morgan fingerprint density at radius 2 is 2.29 bits per heavy atom. The summed E-state index contributed by atoms with van der Waals surface area (Å²) in [5.41, 5.74) is 2.20. The standard InChI is InChI=1S/C16H24N2O2.ClH/c1-3-20-15-9-12(2)6-7-13(15)11-18-16(19)10-14-5-4-8-17-14;/h6-7,9,14,17H,3-5,8,10-11H2,1-2H3,(H,18,19);1H. The van der Waals surface area contributed by atoms with Crippen LogP contribution in [0.1, 0.15) is 37.3 Å². The average Bonchev–Trinajstić information content (AvgIpc) is 2.91. The lowest BCUT2D eigenvalue weighted by Crippen LogP contribution is -2.31. The summed E-state index contributed by atoms with van der Waals surface area (Å²) in [5.74, 6) is 0.971. The van der Waals surface area contributed by atoms with Gasteiger partial charge in [0, 0.05) is 24.6 Å². The summed E-state index contributed by atoms with van der Waals surface area (Å²) < 4.78 is 5.62. The minimum absolute atomic E-state index is 0. The van der Waals surface area contributed by atoms with E-state index in [-0.39, 0.29) is 18.3 Å². The summed E-state index contributed by atoms with van der Waals surface area (Å²) in [7, 11) is 0. The van der Waals surface area contributed by atoms with Crippen LogP contribution in [0.3, 0.4) is 0 Å². The number of aryl methyl sites for hydroxylation is 1. The van der Waals surface area contributed by atoms with Crippen LogP contribution in [0.2, 0.25) is 0 Å². The molecule has 1 heterocycles. The van der Waals surface area contributed by atoms with Crippen molar-refractivity contribution in [2.24, 2.45) is 0 Å². The molecule has 0 aliphatic carbocycles. The molecule has 4 nitrogen and oxygen atoms in total. The van der Waals surface area contributed by atoms with Crippen LogP contribution >= 0.6 is 12.4 Å². The molecule has 5 heteroatoms. The third-order valence-corrected chi connectivity index (χ3v) is 3.59. The number of benzene rings is 1. The monoisotopic (exact) mass is 312 g/mol. The maximum absolute atomic E-state index is 11.9. The van der Waals surface area contributed by atoms with Crippen molar-refractivity contribution in [3.63, 3.8) is 0 Å². The van der Waals surface area contributed by atoms with Crippen LogP contribution in [-0.2, 0) is 11.3 Å². The van der Waals surface area contributed by atoms with Gasteiger partial charge in [-0.2, -0.15) is 0 Å². The molecule has 1 amide bonds. The second-order valence-corrected chi connectivity index (χ2v) is 5.32. The van der Waals surface area contributed by atoms with E-state index in [1.807, 2.05) is 32.0 Å². The van der Waals surface area contributed by atoms with Gasteiger partial charge in [-0.05, 0) is 44.9 Å². The molecule has 1 saturated heterocycles. The summed E-state index contributed by atoms with van der Waals surface area (Å²) >= 11 is 0. The smallest absolute Gasteiger partial charge is 0.221 e. The molecule has 1 aromatic carbocycles. The number of carbonyl (C=O) groups is 1. The molecule has 1 unspecified atom stereocenters. The topological polar surface area (TPSA) is 50.4 Å². The Balaban J connectivity index is 0.00000220. The van der Waals surface area contributed by atoms with Crippen LogP contribution in [0.4, 0.5) is 0 Å². The molecule has 2 N–H and O–H groups in total. The molecule has 0 saturated carbocycles. The molecule has 1 aliphatic rings. The maximum atomic E-state index is 11.9. The van der Waals surface area contributed by atoms with Crippen LogP contribution < -0.4 is 15.4 Å². The predicted octanol–water partition coefficient (Wildman–Crippen LogP) is 2.57. The van der Waals surface area contributed by atoms with Crippen molar-refractivity contribution in [3.8, 4) is 5.75 Å². The average molecular weight is 313 g/mol. The van der Waals surface area contributed by atoms with Crippen LogP contribution in [0.5, 0.6) is 5.75 Å². The van der Waals surface area contributed by atoms with Gasteiger partial charge < -0.3 is 15.4 Å². The Bertz CT molecular complexity index is 460. The zero-order valence-electron chi connectivity index (χ0n) is 12.8. The van der Waals surface area contributed by atoms with Gasteiger partial charge >= 0.3 is 0 Å². The van der Waals surface area contributed by atoms with E-state index < -0.39 is 0 Å². The van der Waals surface area contributed by atoms with E-state index in [4.69, 9.17) is 4.74 Å². The largest absolute Gasteiger partial charge is 0.494 e. The molecule has 1 aliphatic heterocycles. The first-order valence-electron chi connectivity index (χ1n) is 7.41. The molecule has 1 fully saturated rings.